The first-order valence-electron chi connectivity index (χ1n) is 6.57. The van der Waals surface area contributed by atoms with Crippen LogP contribution in [0.5, 0.6) is 0 Å². The fourth-order valence-corrected chi connectivity index (χ4v) is 2.40. The number of halogens is 1. The monoisotopic (exact) mass is 252 g/mol. The molecule has 0 unspecified atom stereocenters. The van der Waals surface area contributed by atoms with Gasteiger partial charge in [-0.2, -0.15) is 0 Å². The second-order valence-electron chi connectivity index (χ2n) is 4.79. The Kier molecular flexibility index (Phi) is 4.55. The minimum absolute atomic E-state index is 0.216. The van der Waals surface area contributed by atoms with Crippen LogP contribution in [0.4, 0.5) is 10.1 Å². The van der Waals surface area contributed by atoms with Crippen LogP contribution < -0.4 is 5.73 Å². The number of nitrogens with zero attached hydrogens (tertiary/aromatic N) is 1. The lowest BCUT2D eigenvalue weighted by Crippen LogP contribution is -2.36. The Morgan fingerprint density at radius 1 is 1.39 bits per heavy atom. The molecule has 0 bridgehead atoms. The van der Waals surface area contributed by atoms with Crippen LogP contribution in [0.3, 0.4) is 0 Å². The third-order valence-corrected chi connectivity index (χ3v) is 3.41. The highest BCUT2D eigenvalue weighted by atomic mass is 19.1. The molecule has 0 spiro atoms. The molecule has 0 aromatic heterocycles. The molecule has 1 aliphatic rings. The van der Waals surface area contributed by atoms with Gasteiger partial charge in [-0.1, -0.05) is 6.07 Å². The van der Waals surface area contributed by atoms with E-state index in [0.29, 0.717) is 6.10 Å². The number of hydrogen-bond acceptors (Lipinski definition) is 3. The molecule has 1 saturated heterocycles. The van der Waals surface area contributed by atoms with Gasteiger partial charge in [-0.15, -0.1) is 0 Å². The minimum Gasteiger partial charge on any atom is -0.396 e. The average Bonchev–Trinajstić information content (AvgIpc) is 2.37. The number of nitrogen functional groups attached to an aromatic ring is 1. The van der Waals surface area contributed by atoms with Crippen LogP contribution in [-0.2, 0) is 11.3 Å². The fourth-order valence-electron chi connectivity index (χ4n) is 2.40. The molecule has 0 amide bonds. The third-order valence-electron chi connectivity index (χ3n) is 3.41. The second-order valence-corrected chi connectivity index (χ2v) is 4.79. The Hall–Kier alpha value is -1.13. The maximum atomic E-state index is 13.3. The third kappa shape index (κ3) is 3.43. The van der Waals surface area contributed by atoms with Gasteiger partial charge in [-0.05, 0) is 37.5 Å². The van der Waals surface area contributed by atoms with E-state index in [1.54, 1.807) is 6.07 Å². The van der Waals surface area contributed by atoms with Crippen molar-refractivity contribution in [2.45, 2.75) is 32.4 Å². The molecule has 3 nitrogen and oxygen atoms in total. The maximum absolute atomic E-state index is 13.3. The van der Waals surface area contributed by atoms with Gasteiger partial charge in [0.05, 0.1) is 11.8 Å². The van der Waals surface area contributed by atoms with Crippen LogP contribution in [0.2, 0.25) is 0 Å². The standard InChI is InChI=1S/C14H21FN2O/c1-2-18-12-5-7-17(8-6-12)10-11-3-4-14(16)13(15)9-11/h3-4,9,12H,2,5-8,10,16H2,1H3. The molecule has 0 aliphatic carbocycles. The zero-order valence-corrected chi connectivity index (χ0v) is 10.9. The maximum Gasteiger partial charge on any atom is 0.146 e. The predicted octanol–water partition coefficient (Wildman–Crippen LogP) is 2.41. The van der Waals surface area contributed by atoms with E-state index in [2.05, 4.69) is 4.90 Å². The van der Waals surface area contributed by atoms with Gasteiger partial charge in [-0.25, -0.2) is 4.39 Å². The van der Waals surface area contributed by atoms with E-state index in [0.717, 1.165) is 44.6 Å². The molecule has 4 heteroatoms. The normalized spacial score (nSPS) is 18.1. The van der Waals surface area contributed by atoms with Crippen LogP contribution in [0.15, 0.2) is 18.2 Å². The molecule has 0 radical (unpaired) electrons. The summed E-state index contributed by atoms with van der Waals surface area (Å²) in [5.74, 6) is -0.322. The van der Waals surface area contributed by atoms with Crippen molar-refractivity contribution in [3.8, 4) is 0 Å². The molecule has 18 heavy (non-hydrogen) atoms. The van der Waals surface area contributed by atoms with Crippen LogP contribution in [0.1, 0.15) is 25.3 Å². The molecule has 1 aromatic carbocycles. The molecule has 0 atom stereocenters. The zero-order chi connectivity index (χ0) is 13.0. The number of hydrogen-bond donors (Lipinski definition) is 1. The average molecular weight is 252 g/mol. The zero-order valence-electron chi connectivity index (χ0n) is 10.9. The van der Waals surface area contributed by atoms with Gasteiger partial charge in [0.15, 0.2) is 0 Å². The van der Waals surface area contributed by atoms with Crippen LogP contribution in [0.25, 0.3) is 0 Å². The van der Waals surface area contributed by atoms with E-state index in [1.807, 2.05) is 13.0 Å². The van der Waals surface area contributed by atoms with E-state index in [9.17, 15) is 4.39 Å². The number of ether oxygens (including phenoxy) is 1. The summed E-state index contributed by atoms with van der Waals surface area (Å²) in [4.78, 5) is 2.33. The van der Waals surface area contributed by atoms with Gasteiger partial charge in [0, 0.05) is 26.2 Å². The molecule has 0 saturated carbocycles. The molecule has 2 rings (SSSR count). The summed E-state index contributed by atoms with van der Waals surface area (Å²) in [6.07, 6.45) is 2.52. The summed E-state index contributed by atoms with van der Waals surface area (Å²) in [6.45, 7) is 5.63. The predicted molar refractivity (Wildman–Crippen MR) is 70.7 cm³/mol. The first kappa shape index (κ1) is 13.3. The molecular weight excluding hydrogens is 231 g/mol. The van der Waals surface area contributed by atoms with E-state index in [1.165, 1.54) is 6.07 Å². The quantitative estimate of drug-likeness (QED) is 0.836. The Balaban J connectivity index is 1.85. The highest BCUT2D eigenvalue weighted by Crippen LogP contribution is 2.18. The summed E-state index contributed by atoms with van der Waals surface area (Å²) < 4.78 is 18.9. The van der Waals surface area contributed by atoms with Gasteiger partial charge < -0.3 is 10.5 Å². The molecule has 1 fully saturated rings. The molecule has 1 heterocycles. The van der Waals surface area contributed by atoms with Crippen molar-refractivity contribution in [2.75, 3.05) is 25.4 Å². The van der Waals surface area contributed by atoms with Crippen molar-refractivity contribution in [3.63, 3.8) is 0 Å². The SMILES string of the molecule is CCOC1CCN(Cc2ccc(N)c(F)c2)CC1. The summed E-state index contributed by atoms with van der Waals surface area (Å²) in [6, 6.07) is 5.06. The van der Waals surface area contributed by atoms with Crippen molar-refractivity contribution in [1.29, 1.82) is 0 Å². The van der Waals surface area contributed by atoms with Crippen molar-refractivity contribution >= 4 is 5.69 Å². The largest absolute Gasteiger partial charge is 0.396 e. The number of benzene rings is 1. The van der Waals surface area contributed by atoms with Crippen molar-refractivity contribution in [2.24, 2.45) is 0 Å². The van der Waals surface area contributed by atoms with E-state index >= 15 is 0 Å². The lowest BCUT2D eigenvalue weighted by atomic mass is 10.1. The van der Waals surface area contributed by atoms with E-state index < -0.39 is 0 Å². The lowest BCUT2D eigenvalue weighted by molar-refractivity contribution is 0.0125. The summed E-state index contributed by atoms with van der Waals surface area (Å²) in [7, 11) is 0. The van der Waals surface area contributed by atoms with Crippen molar-refractivity contribution in [1.82, 2.24) is 4.90 Å². The summed E-state index contributed by atoms with van der Waals surface area (Å²) in [5, 5.41) is 0. The van der Waals surface area contributed by atoms with Crippen LogP contribution in [-0.4, -0.2) is 30.7 Å². The molecule has 1 aliphatic heterocycles. The topological polar surface area (TPSA) is 38.5 Å². The Labute approximate surface area is 108 Å². The summed E-state index contributed by atoms with van der Waals surface area (Å²) in [5.41, 5.74) is 6.67. The fraction of sp³-hybridized carbons (Fsp3) is 0.571. The van der Waals surface area contributed by atoms with Gasteiger partial charge in [0.2, 0.25) is 0 Å². The molecule has 1 aromatic rings. The molecule has 2 N–H and O–H groups in total. The number of anilines is 1. The number of rotatable bonds is 4. The minimum atomic E-state index is -0.322. The first-order chi connectivity index (χ1) is 8.69. The Bertz CT molecular complexity index is 389. The van der Waals surface area contributed by atoms with Gasteiger partial charge in [0.1, 0.15) is 5.82 Å². The van der Waals surface area contributed by atoms with Crippen LogP contribution in [0, 0.1) is 5.82 Å². The van der Waals surface area contributed by atoms with Crippen LogP contribution >= 0.6 is 0 Å². The van der Waals surface area contributed by atoms with Gasteiger partial charge in [-0.3, -0.25) is 4.90 Å². The van der Waals surface area contributed by atoms with E-state index in [4.69, 9.17) is 10.5 Å². The van der Waals surface area contributed by atoms with E-state index in [-0.39, 0.29) is 11.5 Å². The first-order valence-corrected chi connectivity index (χ1v) is 6.57. The molecular formula is C14H21FN2O. The van der Waals surface area contributed by atoms with Crippen molar-refractivity contribution in [3.05, 3.63) is 29.6 Å². The second kappa shape index (κ2) is 6.16. The Morgan fingerprint density at radius 3 is 2.72 bits per heavy atom. The smallest absolute Gasteiger partial charge is 0.146 e. The van der Waals surface area contributed by atoms with Gasteiger partial charge >= 0.3 is 0 Å². The van der Waals surface area contributed by atoms with Crippen molar-refractivity contribution < 1.29 is 9.13 Å². The van der Waals surface area contributed by atoms with Gasteiger partial charge in [0.25, 0.3) is 0 Å². The Morgan fingerprint density at radius 2 is 2.11 bits per heavy atom. The highest BCUT2D eigenvalue weighted by Gasteiger charge is 2.19. The highest BCUT2D eigenvalue weighted by molar-refractivity contribution is 5.41. The number of piperidine rings is 1. The number of nitrogens with two attached hydrogens (primary N) is 1. The lowest BCUT2D eigenvalue weighted by Gasteiger charge is -2.31. The summed E-state index contributed by atoms with van der Waals surface area (Å²) >= 11 is 0. The molecule has 100 valence electrons. The number of likely N-dealkylation sites (tertiary alicyclic amines) is 1.